The Hall–Kier alpha value is -2.51. The molecule has 0 aliphatic carbocycles. The summed E-state index contributed by atoms with van der Waals surface area (Å²) in [6, 6.07) is 7.77. The fourth-order valence-corrected chi connectivity index (χ4v) is 3.82. The van der Waals surface area contributed by atoms with Crippen molar-refractivity contribution in [1.82, 2.24) is 14.7 Å². The van der Waals surface area contributed by atoms with Crippen LogP contribution in [-0.2, 0) is 14.4 Å². The molecule has 1 aromatic rings. The Kier molecular flexibility index (Phi) is 6.49. The van der Waals surface area contributed by atoms with Crippen LogP contribution >= 0.6 is 0 Å². The van der Waals surface area contributed by atoms with Crippen molar-refractivity contribution in [1.29, 1.82) is 0 Å². The van der Waals surface area contributed by atoms with Crippen molar-refractivity contribution < 1.29 is 23.2 Å². The fraction of sp³-hybridized carbons (Fsp3) is 0.571. The molecule has 8 heteroatoms. The summed E-state index contributed by atoms with van der Waals surface area (Å²) in [5, 5.41) is 0. The maximum atomic E-state index is 13.5. The number of piperidine rings is 1. The lowest BCUT2D eigenvalue weighted by Crippen LogP contribution is -2.58. The van der Waals surface area contributed by atoms with Gasteiger partial charge < -0.3 is 14.7 Å². The highest BCUT2D eigenvalue weighted by Gasteiger charge is 2.43. The van der Waals surface area contributed by atoms with Crippen LogP contribution in [0.25, 0.3) is 0 Å². The van der Waals surface area contributed by atoms with Gasteiger partial charge in [0.15, 0.2) is 0 Å². The number of halogens is 2. The normalized spacial score (nSPS) is 20.7. The molecule has 6 nitrogen and oxygen atoms in total. The Morgan fingerprint density at radius 1 is 1.03 bits per heavy atom. The van der Waals surface area contributed by atoms with Crippen LogP contribution in [0.1, 0.15) is 44.2 Å². The number of carbonyl (C=O) groups is 3. The average Bonchev–Trinajstić information content (AvgIpc) is 2.71. The maximum absolute atomic E-state index is 13.5. The molecule has 0 saturated carbocycles. The second kappa shape index (κ2) is 8.88. The van der Waals surface area contributed by atoms with Crippen molar-refractivity contribution >= 4 is 17.7 Å². The zero-order valence-corrected chi connectivity index (χ0v) is 16.7. The van der Waals surface area contributed by atoms with Gasteiger partial charge in [0, 0.05) is 45.6 Å². The van der Waals surface area contributed by atoms with Gasteiger partial charge in [0.05, 0.1) is 0 Å². The van der Waals surface area contributed by atoms with Crippen LogP contribution in [-0.4, -0.2) is 71.1 Å². The molecule has 0 aromatic heterocycles. The number of amides is 3. The molecule has 3 amide bonds. The summed E-state index contributed by atoms with van der Waals surface area (Å²) in [6.45, 7) is 3.00. The van der Waals surface area contributed by atoms with E-state index in [4.69, 9.17) is 0 Å². The molecule has 0 spiro atoms. The number of nitrogens with zero attached hydrogens (tertiary/aromatic N) is 3. The van der Waals surface area contributed by atoms with Gasteiger partial charge in [0.2, 0.25) is 5.91 Å². The number of hydrogen-bond acceptors (Lipinski definition) is 3. The second-order valence-electron chi connectivity index (χ2n) is 7.64. The first-order valence-electron chi connectivity index (χ1n) is 10.2. The predicted octanol–water partition coefficient (Wildman–Crippen LogP) is 2.46. The lowest BCUT2D eigenvalue weighted by Gasteiger charge is -2.41. The highest BCUT2D eigenvalue weighted by atomic mass is 19.3. The lowest BCUT2D eigenvalue weighted by atomic mass is 10.00. The zero-order valence-electron chi connectivity index (χ0n) is 16.7. The number of piperazine rings is 1. The van der Waals surface area contributed by atoms with Crippen LogP contribution in [0, 0.1) is 0 Å². The van der Waals surface area contributed by atoms with Crippen LogP contribution in [0.3, 0.4) is 0 Å². The van der Waals surface area contributed by atoms with Crippen molar-refractivity contribution in [2.24, 2.45) is 0 Å². The first kappa shape index (κ1) is 21.2. The van der Waals surface area contributed by atoms with Gasteiger partial charge in [-0.05, 0) is 12.0 Å². The van der Waals surface area contributed by atoms with Gasteiger partial charge in [-0.15, -0.1) is 0 Å². The highest BCUT2D eigenvalue weighted by molar-refractivity contribution is 6.35. The first-order chi connectivity index (χ1) is 13.8. The summed E-state index contributed by atoms with van der Waals surface area (Å²) in [5.74, 6) is -4.49. The topological polar surface area (TPSA) is 60.9 Å². The minimum Gasteiger partial charge on any atom is -0.340 e. The Bertz CT molecular complexity index is 747. The molecule has 2 aliphatic heterocycles. The Balaban J connectivity index is 1.83. The Morgan fingerprint density at radius 3 is 2.31 bits per heavy atom. The third-order valence-corrected chi connectivity index (χ3v) is 5.59. The van der Waals surface area contributed by atoms with Crippen molar-refractivity contribution in [2.45, 2.75) is 44.6 Å². The van der Waals surface area contributed by atoms with Gasteiger partial charge >= 0.3 is 11.8 Å². The summed E-state index contributed by atoms with van der Waals surface area (Å²) in [7, 11) is 0. The van der Waals surface area contributed by atoms with Crippen LogP contribution in [0.4, 0.5) is 8.78 Å². The monoisotopic (exact) mass is 407 g/mol. The highest BCUT2D eigenvalue weighted by Crippen LogP contribution is 2.31. The van der Waals surface area contributed by atoms with E-state index in [0.29, 0.717) is 18.7 Å². The summed E-state index contributed by atoms with van der Waals surface area (Å²) < 4.78 is 27.1. The molecule has 0 bridgehead atoms. The SMILES string of the molecule is CCCCN1CCN([C@H](C(=O)N2CCC(F)(F)CC2)c2ccccc2)C(=O)C1=O. The third-order valence-electron chi connectivity index (χ3n) is 5.59. The van der Waals surface area contributed by atoms with Gasteiger partial charge in [-0.25, -0.2) is 8.78 Å². The molecule has 1 atom stereocenters. The summed E-state index contributed by atoms with van der Waals surface area (Å²) in [5.41, 5.74) is 0.581. The fourth-order valence-electron chi connectivity index (χ4n) is 3.82. The van der Waals surface area contributed by atoms with E-state index in [-0.39, 0.29) is 19.6 Å². The molecule has 1 aromatic carbocycles. The second-order valence-corrected chi connectivity index (χ2v) is 7.64. The molecule has 2 aliphatic rings. The smallest absolute Gasteiger partial charge is 0.313 e. The number of benzene rings is 1. The molecular weight excluding hydrogens is 380 g/mol. The zero-order chi connectivity index (χ0) is 21.0. The molecule has 2 fully saturated rings. The summed E-state index contributed by atoms with van der Waals surface area (Å²) >= 11 is 0. The van der Waals surface area contributed by atoms with E-state index in [2.05, 4.69) is 0 Å². The molecule has 158 valence electrons. The van der Waals surface area contributed by atoms with Gasteiger partial charge in [0.25, 0.3) is 5.92 Å². The number of likely N-dealkylation sites (tertiary alicyclic amines) is 1. The Labute approximate surface area is 169 Å². The number of hydrogen-bond donors (Lipinski definition) is 0. The molecule has 2 saturated heterocycles. The van der Waals surface area contributed by atoms with Crippen LogP contribution in [0.15, 0.2) is 30.3 Å². The third kappa shape index (κ3) is 4.74. The van der Waals surface area contributed by atoms with E-state index in [1.807, 2.05) is 6.92 Å². The van der Waals surface area contributed by atoms with Crippen molar-refractivity contribution in [3.05, 3.63) is 35.9 Å². The molecule has 0 radical (unpaired) electrons. The van der Waals surface area contributed by atoms with Crippen LogP contribution in [0.5, 0.6) is 0 Å². The number of rotatable bonds is 6. The molecule has 0 unspecified atom stereocenters. The van der Waals surface area contributed by atoms with Crippen molar-refractivity contribution in [3.63, 3.8) is 0 Å². The van der Waals surface area contributed by atoms with Crippen LogP contribution < -0.4 is 0 Å². The standard InChI is InChI=1S/C21H27F2N3O3/c1-2-3-11-24-14-15-26(20(29)19(24)28)17(16-7-5-4-6-8-16)18(27)25-12-9-21(22,23)10-13-25/h4-8,17H,2-3,9-15H2,1H3/t17-/m0/s1. The van der Waals surface area contributed by atoms with E-state index in [9.17, 15) is 23.2 Å². The number of alkyl halides is 2. The quantitative estimate of drug-likeness (QED) is 0.681. The van der Waals surface area contributed by atoms with Crippen LogP contribution in [0.2, 0.25) is 0 Å². The summed E-state index contributed by atoms with van der Waals surface area (Å²) in [6.07, 6.45) is 0.935. The average molecular weight is 407 g/mol. The molecular formula is C21H27F2N3O3. The summed E-state index contributed by atoms with van der Waals surface area (Å²) in [4.78, 5) is 42.9. The largest absolute Gasteiger partial charge is 0.340 e. The van der Waals surface area contributed by atoms with Crippen molar-refractivity contribution in [3.8, 4) is 0 Å². The maximum Gasteiger partial charge on any atom is 0.313 e. The van der Waals surface area contributed by atoms with Gasteiger partial charge in [-0.1, -0.05) is 43.7 Å². The molecule has 2 heterocycles. The first-order valence-corrected chi connectivity index (χ1v) is 10.2. The van der Waals surface area contributed by atoms with Gasteiger partial charge in [-0.2, -0.15) is 0 Å². The van der Waals surface area contributed by atoms with E-state index in [1.165, 1.54) is 14.7 Å². The van der Waals surface area contributed by atoms with Crippen molar-refractivity contribution in [2.75, 3.05) is 32.7 Å². The number of unbranched alkanes of at least 4 members (excludes halogenated alkanes) is 1. The van der Waals surface area contributed by atoms with Gasteiger partial charge in [-0.3, -0.25) is 14.4 Å². The molecule has 29 heavy (non-hydrogen) atoms. The molecule has 3 rings (SSSR count). The predicted molar refractivity (Wildman–Crippen MR) is 103 cm³/mol. The van der Waals surface area contributed by atoms with Gasteiger partial charge in [0.1, 0.15) is 6.04 Å². The minimum absolute atomic E-state index is 0.0617. The minimum atomic E-state index is -2.77. The Morgan fingerprint density at radius 2 is 1.69 bits per heavy atom. The van der Waals surface area contributed by atoms with E-state index >= 15 is 0 Å². The lowest BCUT2D eigenvalue weighted by molar-refractivity contribution is -0.162. The number of carbonyl (C=O) groups excluding carboxylic acids is 3. The van der Waals surface area contributed by atoms with E-state index < -0.39 is 42.5 Å². The van der Waals surface area contributed by atoms with E-state index in [0.717, 1.165) is 12.8 Å². The van der Waals surface area contributed by atoms with E-state index in [1.54, 1.807) is 30.3 Å². The molecule has 0 N–H and O–H groups in total.